The van der Waals surface area contributed by atoms with Crippen LogP contribution < -0.4 is 10.1 Å². The monoisotopic (exact) mass is 523 g/mol. The Hall–Kier alpha value is -2.57. The van der Waals surface area contributed by atoms with Crippen molar-refractivity contribution >= 4 is 29.1 Å². The summed E-state index contributed by atoms with van der Waals surface area (Å²) >= 11 is 12.4. The van der Waals surface area contributed by atoms with Crippen LogP contribution in [0.1, 0.15) is 16.7 Å². The second-order valence-corrected chi connectivity index (χ2v) is 10.6. The van der Waals surface area contributed by atoms with E-state index in [9.17, 15) is 4.79 Å². The number of nitrogens with zero attached hydrogens (tertiary/aromatic N) is 2. The van der Waals surface area contributed by atoms with Gasteiger partial charge in [-0.3, -0.25) is 9.69 Å². The van der Waals surface area contributed by atoms with E-state index in [-0.39, 0.29) is 18.6 Å². The molecule has 1 saturated heterocycles. The van der Waals surface area contributed by atoms with Crippen molar-refractivity contribution in [1.29, 1.82) is 0 Å². The van der Waals surface area contributed by atoms with Gasteiger partial charge in [0.25, 0.3) is 5.91 Å². The third-order valence-corrected chi connectivity index (χ3v) is 7.82. The summed E-state index contributed by atoms with van der Waals surface area (Å²) in [6, 6.07) is 20.3. The number of halogens is 2. The fourth-order valence-corrected chi connectivity index (χ4v) is 5.32. The molecule has 1 aliphatic heterocycles. The van der Waals surface area contributed by atoms with E-state index in [2.05, 4.69) is 52.5 Å². The predicted octanol–water partition coefficient (Wildman–Crippen LogP) is 5.07. The number of ether oxygens (including phenoxy) is 1. The standard InChI is InChI=1S/C29H31Cl2N3O2/c1-33-10-12-34(13-11-33)18-24-14-22(23-6-8-26(30)27(31)17-23)7-9-28(24)36-19-29(35)32-25-15-20-4-2-3-5-21(20)16-25/h2-9,14,17,25H,10-13,15-16,18-19H2,1H3,(H,32,35). The summed E-state index contributed by atoms with van der Waals surface area (Å²) in [4.78, 5) is 17.5. The summed E-state index contributed by atoms with van der Waals surface area (Å²) in [5, 5.41) is 4.21. The van der Waals surface area contributed by atoms with Crippen LogP contribution in [-0.4, -0.2) is 61.6 Å². The van der Waals surface area contributed by atoms with Crippen LogP contribution in [-0.2, 0) is 24.2 Å². The Balaban J connectivity index is 1.28. The molecule has 3 aromatic rings. The minimum Gasteiger partial charge on any atom is -0.483 e. The van der Waals surface area contributed by atoms with Gasteiger partial charge in [-0.15, -0.1) is 0 Å². The highest BCUT2D eigenvalue weighted by Crippen LogP contribution is 2.32. The van der Waals surface area contributed by atoms with Gasteiger partial charge in [0, 0.05) is 44.3 Å². The molecular weight excluding hydrogens is 493 g/mol. The lowest BCUT2D eigenvalue weighted by Gasteiger charge is -2.32. The number of carbonyl (C=O) groups is 1. The van der Waals surface area contributed by atoms with Crippen LogP contribution in [0.25, 0.3) is 11.1 Å². The summed E-state index contributed by atoms with van der Waals surface area (Å²) in [7, 11) is 2.15. The van der Waals surface area contributed by atoms with Crippen molar-refractivity contribution in [2.24, 2.45) is 0 Å². The Labute approximate surface area is 222 Å². The van der Waals surface area contributed by atoms with Crippen LogP contribution in [0.3, 0.4) is 0 Å². The zero-order valence-electron chi connectivity index (χ0n) is 20.5. The molecule has 0 saturated carbocycles. The fraction of sp³-hybridized carbons (Fsp3) is 0.345. The van der Waals surface area contributed by atoms with Gasteiger partial charge in [0.1, 0.15) is 5.75 Å². The summed E-state index contributed by atoms with van der Waals surface area (Å²) in [5.74, 6) is 0.648. The third-order valence-electron chi connectivity index (χ3n) is 7.08. The zero-order valence-corrected chi connectivity index (χ0v) is 22.0. The van der Waals surface area contributed by atoms with Crippen molar-refractivity contribution in [2.75, 3.05) is 39.8 Å². The molecule has 1 heterocycles. The molecule has 188 valence electrons. The molecule has 36 heavy (non-hydrogen) atoms. The normalized spacial score (nSPS) is 16.6. The molecule has 0 unspecified atom stereocenters. The quantitative estimate of drug-likeness (QED) is 0.469. The molecule has 0 spiro atoms. The predicted molar refractivity (Wildman–Crippen MR) is 146 cm³/mol. The molecule has 7 heteroatoms. The average Bonchev–Trinajstić information content (AvgIpc) is 3.28. The van der Waals surface area contributed by atoms with Crippen molar-refractivity contribution in [1.82, 2.24) is 15.1 Å². The fourth-order valence-electron chi connectivity index (χ4n) is 5.02. The molecule has 5 nitrogen and oxygen atoms in total. The molecule has 1 N–H and O–H groups in total. The van der Waals surface area contributed by atoms with Gasteiger partial charge < -0.3 is 15.0 Å². The van der Waals surface area contributed by atoms with Crippen LogP contribution in [0.15, 0.2) is 60.7 Å². The van der Waals surface area contributed by atoms with E-state index < -0.39 is 0 Å². The maximum Gasteiger partial charge on any atom is 0.258 e. The van der Waals surface area contributed by atoms with Gasteiger partial charge in [-0.25, -0.2) is 0 Å². The molecule has 1 fully saturated rings. The van der Waals surface area contributed by atoms with Gasteiger partial charge in [-0.05, 0) is 66.4 Å². The van der Waals surface area contributed by atoms with Crippen molar-refractivity contribution in [3.63, 3.8) is 0 Å². The minimum absolute atomic E-state index is 0.00526. The van der Waals surface area contributed by atoms with E-state index in [0.29, 0.717) is 10.0 Å². The van der Waals surface area contributed by atoms with Crippen molar-refractivity contribution in [3.05, 3.63) is 87.4 Å². The highest BCUT2D eigenvalue weighted by Gasteiger charge is 2.23. The van der Waals surface area contributed by atoms with Gasteiger partial charge >= 0.3 is 0 Å². The lowest BCUT2D eigenvalue weighted by Crippen LogP contribution is -2.44. The molecule has 0 bridgehead atoms. The Kier molecular flexibility index (Phi) is 7.82. The maximum atomic E-state index is 12.7. The second kappa shape index (κ2) is 11.2. The number of likely N-dealkylation sites (N-methyl/N-ethyl adjacent to an activating group) is 1. The number of hydrogen-bond donors (Lipinski definition) is 1. The number of fused-ring (bicyclic) bond motifs is 1. The molecule has 1 aliphatic carbocycles. The lowest BCUT2D eigenvalue weighted by molar-refractivity contribution is -0.123. The van der Waals surface area contributed by atoms with E-state index in [1.54, 1.807) is 0 Å². The first-order chi connectivity index (χ1) is 17.4. The Morgan fingerprint density at radius 1 is 0.917 bits per heavy atom. The van der Waals surface area contributed by atoms with Gasteiger partial charge in [0.15, 0.2) is 6.61 Å². The van der Waals surface area contributed by atoms with E-state index in [1.165, 1.54) is 11.1 Å². The van der Waals surface area contributed by atoms with Gasteiger partial charge in [0.05, 0.1) is 10.0 Å². The Bertz CT molecular complexity index is 1220. The second-order valence-electron chi connectivity index (χ2n) is 9.76. The number of carbonyl (C=O) groups excluding carboxylic acids is 1. The average molecular weight is 524 g/mol. The number of hydrogen-bond acceptors (Lipinski definition) is 4. The number of piperazine rings is 1. The van der Waals surface area contributed by atoms with Gasteiger partial charge in [0.2, 0.25) is 0 Å². The maximum absolute atomic E-state index is 12.7. The molecular formula is C29H31Cl2N3O2. The summed E-state index contributed by atoms with van der Waals surface area (Å²) in [6.07, 6.45) is 1.74. The van der Waals surface area contributed by atoms with Crippen molar-refractivity contribution in [2.45, 2.75) is 25.4 Å². The number of rotatable bonds is 7. The largest absolute Gasteiger partial charge is 0.483 e. The van der Waals surface area contributed by atoms with Crippen molar-refractivity contribution in [3.8, 4) is 16.9 Å². The Morgan fingerprint density at radius 3 is 2.28 bits per heavy atom. The lowest BCUT2D eigenvalue weighted by atomic mass is 10.0. The molecule has 0 radical (unpaired) electrons. The van der Waals surface area contributed by atoms with Crippen LogP contribution in [0, 0.1) is 0 Å². The van der Waals surface area contributed by atoms with Gasteiger partial charge in [-0.2, -0.15) is 0 Å². The van der Waals surface area contributed by atoms with E-state index >= 15 is 0 Å². The molecule has 3 aromatic carbocycles. The molecule has 0 atom stereocenters. The van der Waals surface area contributed by atoms with Gasteiger partial charge in [-0.1, -0.05) is 59.6 Å². The third kappa shape index (κ3) is 6.04. The van der Waals surface area contributed by atoms with Crippen LogP contribution in [0.5, 0.6) is 5.75 Å². The SMILES string of the molecule is CN1CCN(Cc2cc(-c3ccc(Cl)c(Cl)c3)ccc2OCC(=O)NC2Cc3ccccc3C2)CC1. The summed E-state index contributed by atoms with van der Waals surface area (Å²) in [6.45, 7) is 4.82. The molecule has 0 aromatic heterocycles. The van der Waals surface area contributed by atoms with E-state index in [1.807, 2.05) is 30.3 Å². The highest BCUT2D eigenvalue weighted by atomic mass is 35.5. The first-order valence-corrected chi connectivity index (χ1v) is 13.2. The van der Waals surface area contributed by atoms with E-state index in [4.69, 9.17) is 27.9 Å². The van der Waals surface area contributed by atoms with Crippen LogP contribution >= 0.6 is 23.2 Å². The Morgan fingerprint density at radius 2 is 1.58 bits per heavy atom. The molecule has 5 rings (SSSR count). The topological polar surface area (TPSA) is 44.8 Å². The van der Waals surface area contributed by atoms with Crippen LogP contribution in [0.4, 0.5) is 0 Å². The van der Waals surface area contributed by atoms with Crippen LogP contribution in [0.2, 0.25) is 10.0 Å². The first kappa shape index (κ1) is 25.1. The summed E-state index contributed by atoms with van der Waals surface area (Å²) < 4.78 is 6.09. The van der Waals surface area contributed by atoms with E-state index in [0.717, 1.165) is 68.0 Å². The highest BCUT2D eigenvalue weighted by molar-refractivity contribution is 6.42. The summed E-state index contributed by atoms with van der Waals surface area (Å²) in [5.41, 5.74) is 5.73. The minimum atomic E-state index is -0.0908. The number of nitrogens with one attached hydrogen (secondary N) is 1. The molecule has 1 amide bonds. The number of amides is 1. The number of benzene rings is 3. The van der Waals surface area contributed by atoms with Crippen molar-refractivity contribution < 1.29 is 9.53 Å². The smallest absolute Gasteiger partial charge is 0.258 e. The first-order valence-electron chi connectivity index (χ1n) is 12.4. The zero-order chi connectivity index (χ0) is 25.1. The molecule has 2 aliphatic rings.